The van der Waals surface area contributed by atoms with Crippen LogP contribution in [0.4, 0.5) is 0 Å². The molecule has 1 amide bonds. The van der Waals surface area contributed by atoms with E-state index in [2.05, 4.69) is 15.3 Å². The number of nitrogens with one attached hydrogen (secondary N) is 1. The Balaban J connectivity index is 2.85. The van der Waals surface area contributed by atoms with Gasteiger partial charge in [0, 0.05) is 5.54 Å². The quantitative estimate of drug-likeness (QED) is 0.618. The highest BCUT2D eigenvalue weighted by molar-refractivity contribution is 8.00. The van der Waals surface area contributed by atoms with Crippen LogP contribution in [0.3, 0.4) is 0 Å². The molecule has 0 bridgehead atoms. The van der Waals surface area contributed by atoms with Gasteiger partial charge in [0.15, 0.2) is 0 Å². The minimum atomic E-state index is -1.08. The Kier molecular flexibility index (Phi) is 5.71. The monoisotopic (exact) mass is 311 g/mol. The number of carbonyl (C=O) groups excluding carboxylic acids is 1. The molecule has 0 aliphatic carbocycles. The van der Waals surface area contributed by atoms with Crippen molar-refractivity contribution < 1.29 is 14.7 Å². The Morgan fingerprint density at radius 1 is 1.29 bits per heavy atom. The van der Waals surface area contributed by atoms with Gasteiger partial charge < -0.3 is 10.4 Å². The zero-order valence-electron chi connectivity index (χ0n) is 13.0. The van der Waals surface area contributed by atoms with Gasteiger partial charge in [-0.2, -0.15) is 0 Å². The molecule has 0 atom stereocenters. The van der Waals surface area contributed by atoms with Crippen molar-refractivity contribution in [2.75, 3.05) is 5.75 Å². The number of aromatic carboxylic acids is 1. The highest BCUT2D eigenvalue weighted by Crippen LogP contribution is 2.23. The SMILES string of the molecule is CCC(C)(C)NC(=O)CSc1nc(C)nc(C)c1C(=O)O. The molecule has 0 aromatic carbocycles. The number of aryl methyl sites for hydroxylation is 2. The van der Waals surface area contributed by atoms with Crippen LogP contribution in [-0.2, 0) is 4.79 Å². The minimum absolute atomic E-state index is 0.0631. The van der Waals surface area contributed by atoms with Gasteiger partial charge in [0.25, 0.3) is 0 Å². The number of carboxylic acid groups (broad SMARTS) is 1. The van der Waals surface area contributed by atoms with Crippen LogP contribution in [0.2, 0.25) is 0 Å². The van der Waals surface area contributed by atoms with Crippen LogP contribution < -0.4 is 5.32 Å². The van der Waals surface area contributed by atoms with Crippen molar-refractivity contribution in [3.05, 3.63) is 17.1 Å². The highest BCUT2D eigenvalue weighted by atomic mass is 32.2. The summed E-state index contributed by atoms with van der Waals surface area (Å²) in [6.45, 7) is 9.20. The molecule has 0 radical (unpaired) electrons. The highest BCUT2D eigenvalue weighted by Gasteiger charge is 2.21. The van der Waals surface area contributed by atoms with Gasteiger partial charge in [0.1, 0.15) is 16.4 Å². The maximum Gasteiger partial charge on any atom is 0.340 e. The molecule has 21 heavy (non-hydrogen) atoms. The number of nitrogens with zero attached hydrogens (tertiary/aromatic N) is 2. The lowest BCUT2D eigenvalue weighted by Gasteiger charge is -2.24. The van der Waals surface area contributed by atoms with E-state index in [9.17, 15) is 14.7 Å². The molecule has 0 aliphatic heterocycles. The van der Waals surface area contributed by atoms with Gasteiger partial charge >= 0.3 is 5.97 Å². The Labute approximate surface area is 128 Å². The molecule has 0 unspecified atom stereocenters. The summed E-state index contributed by atoms with van der Waals surface area (Å²) >= 11 is 1.12. The van der Waals surface area contributed by atoms with E-state index in [0.717, 1.165) is 18.2 Å². The van der Waals surface area contributed by atoms with Gasteiger partial charge in [-0.15, -0.1) is 0 Å². The fourth-order valence-electron chi connectivity index (χ4n) is 1.67. The predicted octanol–water partition coefficient (Wildman–Crippen LogP) is 2.19. The van der Waals surface area contributed by atoms with Crippen LogP contribution in [0.5, 0.6) is 0 Å². The first-order valence-electron chi connectivity index (χ1n) is 6.68. The third kappa shape index (κ3) is 5.00. The zero-order valence-corrected chi connectivity index (χ0v) is 13.8. The molecule has 0 aliphatic rings. The van der Waals surface area contributed by atoms with Gasteiger partial charge in [0.05, 0.1) is 11.4 Å². The zero-order chi connectivity index (χ0) is 16.2. The molecule has 2 N–H and O–H groups in total. The molecule has 7 heteroatoms. The summed E-state index contributed by atoms with van der Waals surface area (Å²) in [4.78, 5) is 31.4. The third-order valence-electron chi connectivity index (χ3n) is 3.08. The normalized spacial score (nSPS) is 11.3. The van der Waals surface area contributed by atoms with E-state index in [1.165, 1.54) is 0 Å². The van der Waals surface area contributed by atoms with Crippen molar-refractivity contribution in [1.29, 1.82) is 0 Å². The van der Waals surface area contributed by atoms with Crippen LogP contribution in [0.15, 0.2) is 5.03 Å². The molecule has 1 aromatic rings. The molecule has 0 saturated carbocycles. The second kappa shape index (κ2) is 6.89. The summed E-state index contributed by atoms with van der Waals surface area (Å²) < 4.78 is 0. The average molecular weight is 311 g/mol. The topological polar surface area (TPSA) is 92.2 Å². The van der Waals surface area contributed by atoms with Crippen LogP contribution >= 0.6 is 11.8 Å². The predicted molar refractivity (Wildman–Crippen MR) is 81.7 cm³/mol. The summed E-state index contributed by atoms with van der Waals surface area (Å²) in [5, 5.41) is 12.5. The van der Waals surface area contributed by atoms with Crippen molar-refractivity contribution in [3.63, 3.8) is 0 Å². The number of thioether (sulfide) groups is 1. The van der Waals surface area contributed by atoms with Crippen molar-refractivity contribution in [1.82, 2.24) is 15.3 Å². The molecular formula is C14H21N3O3S. The van der Waals surface area contributed by atoms with Gasteiger partial charge in [-0.1, -0.05) is 18.7 Å². The Morgan fingerprint density at radius 2 is 1.90 bits per heavy atom. The average Bonchev–Trinajstić information content (AvgIpc) is 2.34. The smallest absolute Gasteiger partial charge is 0.340 e. The Bertz CT molecular complexity index is 559. The maximum atomic E-state index is 11.9. The van der Waals surface area contributed by atoms with Gasteiger partial charge in [-0.25, -0.2) is 14.8 Å². The summed E-state index contributed by atoms with van der Waals surface area (Å²) in [5.74, 6) is -0.602. The van der Waals surface area contributed by atoms with Crippen LogP contribution in [0.25, 0.3) is 0 Å². The van der Waals surface area contributed by atoms with E-state index < -0.39 is 5.97 Å². The van der Waals surface area contributed by atoms with Crippen LogP contribution in [0, 0.1) is 13.8 Å². The summed E-state index contributed by atoms with van der Waals surface area (Å²) in [5.41, 5.74) is 0.199. The second-order valence-electron chi connectivity index (χ2n) is 5.42. The van der Waals surface area contributed by atoms with Gasteiger partial charge in [-0.05, 0) is 34.1 Å². The lowest BCUT2D eigenvalue weighted by atomic mass is 10.0. The maximum absolute atomic E-state index is 11.9. The molecular weight excluding hydrogens is 290 g/mol. The molecule has 116 valence electrons. The molecule has 6 nitrogen and oxygen atoms in total. The van der Waals surface area contributed by atoms with Crippen molar-refractivity contribution >= 4 is 23.6 Å². The fourth-order valence-corrected chi connectivity index (χ4v) is 2.58. The lowest BCUT2D eigenvalue weighted by Crippen LogP contribution is -2.43. The molecule has 1 aromatic heterocycles. The molecule has 0 fully saturated rings. The van der Waals surface area contributed by atoms with Crippen LogP contribution in [-0.4, -0.2) is 38.2 Å². The molecule has 1 heterocycles. The van der Waals surface area contributed by atoms with E-state index >= 15 is 0 Å². The molecule has 1 rings (SSSR count). The number of aromatic nitrogens is 2. The largest absolute Gasteiger partial charge is 0.478 e. The van der Waals surface area contributed by atoms with Gasteiger partial charge in [0.2, 0.25) is 5.91 Å². The number of carbonyl (C=O) groups is 2. The summed E-state index contributed by atoms with van der Waals surface area (Å²) in [6, 6.07) is 0. The minimum Gasteiger partial charge on any atom is -0.478 e. The fraction of sp³-hybridized carbons (Fsp3) is 0.571. The van der Waals surface area contributed by atoms with Crippen molar-refractivity contribution in [2.24, 2.45) is 0 Å². The van der Waals surface area contributed by atoms with E-state index in [4.69, 9.17) is 0 Å². The summed E-state index contributed by atoms with van der Waals surface area (Å²) in [6.07, 6.45) is 0.815. The first kappa shape index (κ1) is 17.4. The summed E-state index contributed by atoms with van der Waals surface area (Å²) in [7, 11) is 0. The number of hydrogen-bond acceptors (Lipinski definition) is 5. The standard InChI is InChI=1S/C14H21N3O3S/c1-6-14(4,5)17-10(18)7-21-12-11(13(19)20)8(2)15-9(3)16-12/h6-7H2,1-5H3,(H,17,18)(H,19,20). The second-order valence-corrected chi connectivity index (χ2v) is 6.38. The Hall–Kier alpha value is -1.63. The molecule has 0 spiro atoms. The van der Waals surface area contributed by atoms with E-state index in [1.54, 1.807) is 13.8 Å². The van der Waals surface area contributed by atoms with Crippen molar-refractivity contribution in [3.8, 4) is 0 Å². The number of rotatable bonds is 6. The number of amides is 1. The Morgan fingerprint density at radius 3 is 2.43 bits per heavy atom. The van der Waals surface area contributed by atoms with E-state index in [1.807, 2.05) is 20.8 Å². The van der Waals surface area contributed by atoms with Gasteiger partial charge in [-0.3, -0.25) is 4.79 Å². The van der Waals surface area contributed by atoms with Crippen LogP contribution in [0.1, 0.15) is 49.1 Å². The third-order valence-corrected chi connectivity index (χ3v) is 4.06. The number of hydrogen-bond donors (Lipinski definition) is 2. The van der Waals surface area contributed by atoms with Crippen molar-refractivity contribution in [2.45, 2.75) is 51.6 Å². The first-order valence-corrected chi connectivity index (χ1v) is 7.67. The first-order chi connectivity index (χ1) is 9.66. The van der Waals surface area contributed by atoms with E-state index in [-0.39, 0.29) is 22.8 Å². The van der Waals surface area contributed by atoms with E-state index in [0.29, 0.717) is 16.5 Å². The molecule has 0 saturated heterocycles. The number of carboxylic acids is 1. The lowest BCUT2D eigenvalue weighted by molar-refractivity contribution is -0.120.